The van der Waals surface area contributed by atoms with E-state index < -0.39 is 6.10 Å². The molecule has 0 rings (SSSR count). The molecule has 0 aliphatic rings. The molecule has 1 atom stereocenters. The Kier molecular flexibility index (Phi) is 45.4. The second-order valence-corrected chi connectivity index (χ2v) is 16.7. The number of hydrogen-bond acceptors (Lipinski definition) is 6. The van der Waals surface area contributed by atoms with E-state index in [1.54, 1.807) is 0 Å². The van der Waals surface area contributed by atoms with Crippen LogP contribution in [0.2, 0.25) is 0 Å². The molecule has 0 aliphatic carbocycles. The summed E-state index contributed by atoms with van der Waals surface area (Å²) in [5.74, 6) is -0.895. The number of carbonyl (C=O) groups is 3. The highest BCUT2D eigenvalue weighted by atomic mass is 16.6. The third-order valence-corrected chi connectivity index (χ3v) is 10.9. The van der Waals surface area contributed by atoms with Gasteiger partial charge in [0.2, 0.25) is 0 Å². The molecule has 58 heavy (non-hydrogen) atoms. The Morgan fingerprint density at radius 3 is 1.05 bits per heavy atom. The first-order chi connectivity index (χ1) is 28.5. The van der Waals surface area contributed by atoms with E-state index in [4.69, 9.17) is 14.2 Å². The number of unbranched alkanes of at least 4 members (excludes halogenated alkanes) is 28. The molecular weight excluding hydrogens is 721 g/mol. The van der Waals surface area contributed by atoms with E-state index in [1.807, 2.05) is 0 Å². The lowest BCUT2D eigenvalue weighted by Gasteiger charge is -2.18. The summed E-state index contributed by atoms with van der Waals surface area (Å²) in [5, 5.41) is 0. The van der Waals surface area contributed by atoms with Crippen LogP contribution < -0.4 is 0 Å². The molecule has 0 heterocycles. The third kappa shape index (κ3) is 44.7. The molecule has 0 N–H and O–H groups in total. The highest BCUT2D eigenvalue weighted by Crippen LogP contribution is 2.15. The molecule has 0 spiro atoms. The van der Waals surface area contributed by atoms with Crippen molar-refractivity contribution in [3.63, 3.8) is 0 Å². The molecule has 0 saturated heterocycles. The Morgan fingerprint density at radius 1 is 0.362 bits per heavy atom. The van der Waals surface area contributed by atoms with Crippen LogP contribution in [0.4, 0.5) is 0 Å². The van der Waals surface area contributed by atoms with E-state index in [0.717, 1.165) is 96.3 Å². The first kappa shape index (κ1) is 55.6. The summed E-state index contributed by atoms with van der Waals surface area (Å²) in [7, 11) is 0. The summed E-state index contributed by atoms with van der Waals surface area (Å²) < 4.78 is 16.7. The molecule has 6 nitrogen and oxygen atoms in total. The van der Waals surface area contributed by atoms with Gasteiger partial charge in [-0.15, -0.1) is 0 Å². The normalized spacial score (nSPS) is 12.3. The Hall–Kier alpha value is -2.37. The average molecular weight is 815 g/mol. The minimum atomic E-state index is -0.778. The predicted octanol–water partition coefficient (Wildman–Crippen LogP) is 16.1. The smallest absolute Gasteiger partial charge is 0.306 e. The molecule has 0 amide bonds. The maximum absolute atomic E-state index is 12.7. The molecule has 0 aromatic carbocycles. The number of rotatable bonds is 45. The molecule has 1 unspecified atom stereocenters. The highest BCUT2D eigenvalue weighted by Gasteiger charge is 2.19. The van der Waals surface area contributed by atoms with Crippen LogP contribution in [-0.2, 0) is 28.6 Å². The molecule has 0 aliphatic heterocycles. The largest absolute Gasteiger partial charge is 0.462 e. The fraction of sp³-hybridized carbons (Fsp3) is 0.827. The van der Waals surface area contributed by atoms with Crippen LogP contribution >= 0.6 is 0 Å². The Balaban J connectivity index is 4.36. The second-order valence-electron chi connectivity index (χ2n) is 16.7. The molecule has 0 aromatic heterocycles. The minimum Gasteiger partial charge on any atom is -0.462 e. The molecule has 0 saturated carbocycles. The van der Waals surface area contributed by atoms with Gasteiger partial charge >= 0.3 is 17.9 Å². The zero-order valence-electron chi connectivity index (χ0n) is 38.6. The fourth-order valence-corrected chi connectivity index (χ4v) is 7.12. The van der Waals surface area contributed by atoms with E-state index in [1.165, 1.54) is 122 Å². The average Bonchev–Trinajstić information content (AvgIpc) is 3.22. The van der Waals surface area contributed by atoms with Crippen molar-refractivity contribution in [3.8, 4) is 0 Å². The van der Waals surface area contributed by atoms with Gasteiger partial charge in [-0.2, -0.15) is 0 Å². The summed E-state index contributed by atoms with van der Waals surface area (Å²) in [5.41, 5.74) is 0. The van der Waals surface area contributed by atoms with E-state index in [2.05, 4.69) is 57.2 Å². The van der Waals surface area contributed by atoms with Gasteiger partial charge in [-0.1, -0.05) is 205 Å². The van der Waals surface area contributed by atoms with Crippen molar-refractivity contribution in [2.45, 2.75) is 264 Å². The maximum atomic E-state index is 12.7. The Bertz CT molecular complexity index is 984. The summed E-state index contributed by atoms with van der Waals surface area (Å²) in [6, 6.07) is 0. The van der Waals surface area contributed by atoms with Crippen molar-refractivity contribution in [2.75, 3.05) is 13.2 Å². The lowest BCUT2D eigenvalue weighted by molar-refractivity contribution is -0.167. The standard InChI is InChI=1S/C52H94O6/c1-4-7-10-13-16-19-22-25-26-27-28-31-33-36-39-42-45-51(54)57-48-49(58-52(55)46-43-40-37-34-30-24-21-18-15-12-9-6-3)47-56-50(53)44-41-38-35-32-29-23-20-17-14-11-8-5-2/h9,12,18,21,26-27,49H,4-8,10-11,13-17,19-20,22-25,28-48H2,1-3H3/b12-9-,21-18-,27-26-. The topological polar surface area (TPSA) is 78.9 Å². The van der Waals surface area contributed by atoms with Crippen molar-refractivity contribution in [2.24, 2.45) is 0 Å². The van der Waals surface area contributed by atoms with Crippen molar-refractivity contribution in [1.82, 2.24) is 0 Å². The zero-order valence-corrected chi connectivity index (χ0v) is 38.6. The SMILES string of the molecule is CC/C=C\C/C=C\CCCCCCCC(=O)OC(COC(=O)CCCCCCC/C=C\CCCCCCCCC)COC(=O)CCCCCCCCCCCCCC. The predicted molar refractivity (Wildman–Crippen MR) is 247 cm³/mol. The number of allylic oxidation sites excluding steroid dienone is 6. The van der Waals surface area contributed by atoms with Gasteiger partial charge in [0.25, 0.3) is 0 Å². The van der Waals surface area contributed by atoms with Crippen LogP contribution in [0, 0.1) is 0 Å². The maximum Gasteiger partial charge on any atom is 0.306 e. The molecular formula is C52H94O6. The quantitative estimate of drug-likeness (QED) is 0.0264. The summed E-state index contributed by atoms with van der Waals surface area (Å²) in [4.78, 5) is 37.9. The Morgan fingerprint density at radius 2 is 0.672 bits per heavy atom. The fourth-order valence-electron chi connectivity index (χ4n) is 7.12. The number of carbonyl (C=O) groups excluding carboxylic acids is 3. The monoisotopic (exact) mass is 815 g/mol. The van der Waals surface area contributed by atoms with Gasteiger partial charge in [-0.3, -0.25) is 14.4 Å². The summed E-state index contributed by atoms with van der Waals surface area (Å²) >= 11 is 0. The first-order valence-electron chi connectivity index (χ1n) is 25.0. The third-order valence-electron chi connectivity index (χ3n) is 10.9. The van der Waals surface area contributed by atoms with E-state index in [-0.39, 0.29) is 31.1 Å². The van der Waals surface area contributed by atoms with E-state index in [9.17, 15) is 14.4 Å². The van der Waals surface area contributed by atoms with Crippen LogP contribution in [0.15, 0.2) is 36.5 Å². The van der Waals surface area contributed by atoms with Crippen molar-refractivity contribution in [3.05, 3.63) is 36.5 Å². The van der Waals surface area contributed by atoms with Crippen molar-refractivity contribution < 1.29 is 28.6 Å². The van der Waals surface area contributed by atoms with E-state index >= 15 is 0 Å². The molecule has 0 fully saturated rings. The lowest BCUT2D eigenvalue weighted by atomic mass is 10.0. The van der Waals surface area contributed by atoms with Gasteiger partial charge in [0.05, 0.1) is 0 Å². The van der Waals surface area contributed by atoms with Crippen LogP contribution in [0.25, 0.3) is 0 Å². The number of hydrogen-bond donors (Lipinski definition) is 0. The van der Waals surface area contributed by atoms with Gasteiger partial charge < -0.3 is 14.2 Å². The van der Waals surface area contributed by atoms with Gasteiger partial charge in [0.15, 0.2) is 6.10 Å². The Labute approximate surface area is 359 Å². The zero-order chi connectivity index (χ0) is 42.3. The van der Waals surface area contributed by atoms with Crippen LogP contribution in [-0.4, -0.2) is 37.2 Å². The first-order valence-corrected chi connectivity index (χ1v) is 25.0. The van der Waals surface area contributed by atoms with Gasteiger partial charge in [0.1, 0.15) is 13.2 Å². The number of esters is 3. The van der Waals surface area contributed by atoms with Crippen molar-refractivity contribution in [1.29, 1.82) is 0 Å². The lowest BCUT2D eigenvalue weighted by Crippen LogP contribution is -2.30. The van der Waals surface area contributed by atoms with Gasteiger partial charge in [0, 0.05) is 19.3 Å². The molecule has 0 radical (unpaired) electrons. The van der Waals surface area contributed by atoms with Crippen molar-refractivity contribution >= 4 is 17.9 Å². The van der Waals surface area contributed by atoms with Crippen LogP contribution in [0.3, 0.4) is 0 Å². The van der Waals surface area contributed by atoms with Gasteiger partial charge in [-0.25, -0.2) is 0 Å². The molecule has 6 heteroatoms. The minimum absolute atomic E-state index is 0.0780. The summed E-state index contributed by atoms with van der Waals surface area (Å²) in [6.45, 7) is 6.51. The number of ether oxygens (including phenoxy) is 3. The van der Waals surface area contributed by atoms with Gasteiger partial charge in [-0.05, 0) is 70.6 Å². The summed E-state index contributed by atoms with van der Waals surface area (Å²) in [6.07, 6.45) is 54.1. The molecule has 338 valence electrons. The van der Waals surface area contributed by atoms with E-state index in [0.29, 0.717) is 19.3 Å². The highest BCUT2D eigenvalue weighted by molar-refractivity contribution is 5.71. The second kappa shape index (κ2) is 47.3. The van der Waals surface area contributed by atoms with Crippen LogP contribution in [0.1, 0.15) is 258 Å². The van der Waals surface area contributed by atoms with Crippen LogP contribution in [0.5, 0.6) is 0 Å². The molecule has 0 bridgehead atoms. The molecule has 0 aromatic rings.